The minimum atomic E-state index is -0.0992. The van der Waals surface area contributed by atoms with Crippen LogP contribution in [0.25, 0.3) is 17.3 Å². The van der Waals surface area contributed by atoms with Crippen molar-refractivity contribution in [3.63, 3.8) is 0 Å². The fourth-order valence-corrected chi connectivity index (χ4v) is 3.97. The first kappa shape index (κ1) is 20.5. The topological polar surface area (TPSA) is 80.9 Å². The molecule has 1 aliphatic rings. The van der Waals surface area contributed by atoms with Crippen molar-refractivity contribution in [2.24, 2.45) is 0 Å². The van der Waals surface area contributed by atoms with E-state index < -0.39 is 0 Å². The van der Waals surface area contributed by atoms with Gasteiger partial charge in [-0.15, -0.1) is 0 Å². The zero-order chi connectivity index (χ0) is 21.3. The number of hydrogen-bond acceptors (Lipinski definition) is 4. The maximum absolute atomic E-state index is 12.7. The Morgan fingerprint density at radius 1 is 1.13 bits per heavy atom. The number of fused-ring (bicyclic) bond motifs is 3. The van der Waals surface area contributed by atoms with Crippen molar-refractivity contribution in [1.82, 2.24) is 9.97 Å². The molecule has 0 radical (unpaired) electrons. The number of benzene rings is 2. The predicted octanol–water partition coefficient (Wildman–Crippen LogP) is 5.03. The van der Waals surface area contributed by atoms with Gasteiger partial charge in [-0.2, -0.15) is 0 Å². The van der Waals surface area contributed by atoms with Gasteiger partial charge in [-0.25, -0.2) is 9.97 Å². The van der Waals surface area contributed by atoms with Crippen LogP contribution in [0.3, 0.4) is 0 Å². The van der Waals surface area contributed by atoms with Crippen molar-refractivity contribution >= 4 is 46.1 Å². The Morgan fingerprint density at radius 2 is 1.90 bits per heavy atom. The highest BCUT2D eigenvalue weighted by atomic mass is 127. The summed E-state index contributed by atoms with van der Waals surface area (Å²) in [7, 11) is 0. The van der Waals surface area contributed by atoms with Crippen molar-refractivity contribution < 1.29 is 4.79 Å². The third kappa shape index (κ3) is 4.53. The number of aromatic nitrogens is 2. The van der Waals surface area contributed by atoms with E-state index in [4.69, 9.17) is 15.7 Å². The molecule has 0 aliphatic heterocycles. The quantitative estimate of drug-likeness (QED) is 0.381. The van der Waals surface area contributed by atoms with Crippen molar-refractivity contribution in [2.45, 2.75) is 33.1 Å². The molecule has 0 atom stereocenters. The number of nitrogen functional groups attached to an aromatic ring is 1. The van der Waals surface area contributed by atoms with Crippen LogP contribution in [0.15, 0.2) is 48.0 Å². The van der Waals surface area contributed by atoms with Gasteiger partial charge >= 0.3 is 0 Å². The Labute approximate surface area is 190 Å². The molecule has 3 aromatic rings. The fourth-order valence-electron chi connectivity index (χ4n) is 3.61. The van der Waals surface area contributed by atoms with E-state index in [0.29, 0.717) is 17.9 Å². The normalized spacial score (nSPS) is 12.0. The van der Waals surface area contributed by atoms with E-state index in [1.807, 2.05) is 62.4 Å². The number of anilines is 2. The molecule has 6 heteroatoms. The van der Waals surface area contributed by atoms with Gasteiger partial charge in [0.05, 0.1) is 17.8 Å². The molecule has 0 spiro atoms. The number of hydrogen-bond donors (Lipinski definition) is 2. The van der Waals surface area contributed by atoms with E-state index in [-0.39, 0.29) is 5.91 Å². The number of aryl methyl sites for hydroxylation is 2. The standard InChI is InChI=1S/C24H23IN4O/c1-14(2)11-21-24(29-22(30)12-15-3-6-17(25)7-4-15)28-20-10-5-16-13-18(26)8-9-19(16)23(20)27-21/h3-4,6-9,11,13H,5,10,12,26H2,1-2H3,(H,28,29,30). The number of carbonyl (C=O) groups excluding carboxylic acids is 1. The highest BCUT2D eigenvalue weighted by Gasteiger charge is 2.22. The van der Waals surface area contributed by atoms with E-state index in [9.17, 15) is 4.79 Å². The van der Waals surface area contributed by atoms with Crippen molar-refractivity contribution in [2.75, 3.05) is 11.1 Å². The van der Waals surface area contributed by atoms with Gasteiger partial charge in [-0.1, -0.05) is 23.8 Å². The van der Waals surface area contributed by atoms with Crippen LogP contribution in [0.4, 0.5) is 11.5 Å². The number of carbonyl (C=O) groups is 1. The highest BCUT2D eigenvalue weighted by Crippen LogP contribution is 2.34. The Bertz CT molecular complexity index is 1150. The van der Waals surface area contributed by atoms with Crippen LogP contribution in [0.5, 0.6) is 0 Å². The second kappa shape index (κ2) is 8.55. The van der Waals surface area contributed by atoms with Crippen LogP contribution in [0, 0.1) is 3.57 Å². The second-order valence-electron chi connectivity index (χ2n) is 7.74. The lowest BCUT2D eigenvalue weighted by Gasteiger charge is -2.20. The van der Waals surface area contributed by atoms with Gasteiger partial charge in [0.15, 0.2) is 5.82 Å². The molecule has 152 valence electrons. The molecule has 0 saturated heterocycles. The Hall–Kier alpha value is -2.74. The molecule has 4 rings (SSSR count). The first-order chi connectivity index (χ1) is 14.4. The van der Waals surface area contributed by atoms with Crippen LogP contribution in [-0.4, -0.2) is 15.9 Å². The first-order valence-electron chi connectivity index (χ1n) is 9.88. The molecule has 1 aromatic heterocycles. The summed E-state index contributed by atoms with van der Waals surface area (Å²) in [6.45, 7) is 4.01. The molecule has 5 nitrogen and oxygen atoms in total. The van der Waals surface area contributed by atoms with Crippen molar-refractivity contribution in [3.8, 4) is 11.3 Å². The number of allylic oxidation sites excluding steroid dienone is 1. The highest BCUT2D eigenvalue weighted by molar-refractivity contribution is 14.1. The maximum atomic E-state index is 12.7. The number of amides is 1. The summed E-state index contributed by atoms with van der Waals surface area (Å²) >= 11 is 2.25. The Kier molecular flexibility index (Phi) is 5.85. The second-order valence-corrected chi connectivity index (χ2v) is 8.99. The van der Waals surface area contributed by atoms with Crippen LogP contribution in [0.2, 0.25) is 0 Å². The summed E-state index contributed by atoms with van der Waals surface area (Å²) in [4.78, 5) is 22.4. The van der Waals surface area contributed by atoms with E-state index in [1.165, 1.54) is 5.56 Å². The molecule has 1 amide bonds. The monoisotopic (exact) mass is 510 g/mol. The minimum Gasteiger partial charge on any atom is -0.399 e. The van der Waals surface area contributed by atoms with Crippen LogP contribution < -0.4 is 11.1 Å². The predicted molar refractivity (Wildman–Crippen MR) is 130 cm³/mol. The van der Waals surface area contributed by atoms with Gasteiger partial charge in [0, 0.05) is 14.8 Å². The number of rotatable bonds is 4. The molecular weight excluding hydrogens is 487 g/mol. The van der Waals surface area contributed by atoms with Gasteiger partial charge in [-0.3, -0.25) is 4.79 Å². The average molecular weight is 510 g/mol. The number of nitrogens with two attached hydrogens (primary N) is 1. The first-order valence-corrected chi connectivity index (χ1v) is 11.0. The lowest BCUT2D eigenvalue weighted by atomic mass is 9.91. The van der Waals surface area contributed by atoms with Crippen LogP contribution in [-0.2, 0) is 24.1 Å². The number of nitrogens with zero attached hydrogens (tertiary/aromatic N) is 2. The molecule has 1 aliphatic carbocycles. The Balaban J connectivity index is 1.68. The van der Waals surface area contributed by atoms with E-state index in [2.05, 4.69) is 27.9 Å². The number of halogens is 1. The lowest BCUT2D eigenvalue weighted by molar-refractivity contribution is -0.115. The van der Waals surface area contributed by atoms with Crippen LogP contribution >= 0.6 is 22.6 Å². The zero-order valence-electron chi connectivity index (χ0n) is 17.0. The molecule has 0 fully saturated rings. The largest absolute Gasteiger partial charge is 0.399 e. The van der Waals surface area contributed by atoms with Gasteiger partial charge < -0.3 is 11.1 Å². The summed E-state index contributed by atoms with van der Waals surface area (Å²) < 4.78 is 1.14. The van der Waals surface area contributed by atoms with Gasteiger partial charge in [0.1, 0.15) is 5.69 Å². The lowest BCUT2D eigenvalue weighted by Crippen LogP contribution is -2.19. The SMILES string of the molecule is CC(C)=Cc1nc2c(nc1NC(=O)Cc1ccc(I)cc1)CCc1cc(N)ccc1-2. The van der Waals surface area contributed by atoms with Gasteiger partial charge in [0.2, 0.25) is 5.91 Å². The van der Waals surface area contributed by atoms with E-state index in [0.717, 1.165) is 50.2 Å². The molecule has 2 aromatic carbocycles. The van der Waals surface area contributed by atoms with E-state index >= 15 is 0 Å². The molecule has 1 heterocycles. The zero-order valence-corrected chi connectivity index (χ0v) is 19.2. The molecule has 0 unspecified atom stereocenters. The van der Waals surface area contributed by atoms with E-state index in [1.54, 1.807) is 0 Å². The average Bonchev–Trinajstić information content (AvgIpc) is 2.69. The van der Waals surface area contributed by atoms with Crippen molar-refractivity contribution in [3.05, 3.63) is 74.1 Å². The molecule has 3 N–H and O–H groups in total. The molecular formula is C24H23IN4O. The summed E-state index contributed by atoms with van der Waals surface area (Å²) in [6, 6.07) is 13.9. The summed E-state index contributed by atoms with van der Waals surface area (Å²) in [5.74, 6) is 0.419. The summed E-state index contributed by atoms with van der Waals surface area (Å²) in [5.41, 5.74) is 13.5. The molecule has 30 heavy (non-hydrogen) atoms. The smallest absolute Gasteiger partial charge is 0.230 e. The van der Waals surface area contributed by atoms with Gasteiger partial charge in [0.25, 0.3) is 0 Å². The maximum Gasteiger partial charge on any atom is 0.230 e. The Morgan fingerprint density at radius 3 is 2.63 bits per heavy atom. The molecule has 0 saturated carbocycles. The molecule has 0 bridgehead atoms. The third-order valence-electron chi connectivity index (χ3n) is 4.97. The summed E-state index contributed by atoms with van der Waals surface area (Å²) in [5, 5.41) is 2.98. The minimum absolute atomic E-state index is 0.0992. The third-order valence-corrected chi connectivity index (χ3v) is 5.69. The summed E-state index contributed by atoms with van der Waals surface area (Å²) in [6.07, 6.45) is 3.89. The fraction of sp³-hybridized carbons (Fsp3) is 0.208. The number of nitrogens with one attached hydrogen (secondary N) is 1. The van der Waals surface area contributed by atoms with Gasteiger partial charge in [-0.05, 0) is 90.7 Å². The van der Waals surface area contributed by atoms with Crippen molar-refractivity contribution in [1.29, 1.82) is 0 Å². The van der Waals surface area contributed by atoms with Crippen LogP contribution in [0.1, 0.15) is 36.4 Å².